The normalized spacial score (nSPS) is 23.2. The number of nitrogens with zero attached hydrogens (tertiary/aromatic N) is 1. The van der Waals surface area contributed by atoms with Gasteiger partial charge in [0.05, 0.1) is 19.2 Å². The van der Waals surface area contributed by atoms with Crippen molar-refractivity contribution in [1.29, 1.82) is 0 Å². The van der Waals surface area contributed by atoms with Crippen molar-refractivity contribution in [2.24, 2.45) is 0 Å². The molecule has 5 heteroatoms. The van der Waals surface area contributed by atoms with E-state index in [-0.39, 0.29) is 17.6 Å². The molecule has 0 saturated carbocycles. The highest BCUT2D eigenvalue weighted by atomic mass is 16.5. The van der Waals surface area contributed by atoms with Crippen LogP contribution >= 0.6 is 0 Å². The zero-order valence-corrected chi connectivity index (χ0v) is 13.5. The van der Waals surface area contributed by atoms with E-state index >= 15 is 0 Å². The predicted molar refractivity (Wildman–Crippen MR) is 85.6 cm³/mol. The molecule has 2 aliphatic rings. The maximum atomic E-state index is 12.7. The summed E-state index contributed by atoms with van der Waals surface area (Å²) in [4.78, 5) is 14.5. The number of benzene rings is 1. The van der Waals surface area contributed by atoms with Gasteiger partial charge in [-0.2, -0.15) is 0 Å². The quantitative estimate of drug-likeness (QED) is 0.855. The first-order valence-electron chi connectivity index (χ1n) is 8.06. The second kappa shape index (κ2) is 5.35. The van der Waals surface area contributed by atoms with E-state index in [1.807, 2.05) is 36.1 Å². The number of carbonyl (C=O) groups is 1. The van der Waals surface area contributed by atoms with E-state index in [9.17, 15) is 4.79 Å². The lowest BCUT2D eigenvalue weighted by atomic mass is 9.84. The average molecular weight is 315 g/mol. The maximum absolute atomic E-state index is 12.7. The first-order valence-corrected chi connectivity index (χ1v) is 8.06. The Hall–Kier alpha value is -1.85. The van der Waals surface area contributed by atoms with Gasteiger partial charge in [0, 0.05) is 31.1 Å². The summed E-state index contributed by atoms with van der Waals surface area (Å²) in [6.07, 6.45) is 2.01. The smallest absolute Gasteiger partial charge is 0.290 e. The number of rotatable bonds is 2. The lowest BCUT2D eigenvalue weighted by molar-refractivity contribution is -0.182. The topological polar surface area (TPSA) is 51.9 Å². The van der Waals surface area contributed by atoms with Gasteiger partial charge < -0.3 is 18.8 Å². The highest BCUT2D eigenvalue weighted by molar-refractivity contribution is 5.99. The van der Waals surface area contributed by atoms with Crippen LogP contribution in [-0.4, -0.2) is 49.3 Å². The van der Waals surface area contributed by atoms with E-state index in [0.717, 1.165) is 29.4 Å². The van der Waals surface area contributed by atoms with Crippen molar-refractivity contribution in [3.8, 4) is 0 Å². The average Bonchev–Trinajstić information content (AvgIpc) is 2.89. The summed E-state index contributed by atoms with van der Waals surface area (Å²) in [6, 6.07) is 7.75. The minimum absolute atomic E-state index is 0.0486. The number of ether oxygens (including phenoxy) is 2. The Morgan fingerprint density at radius 1 is 1.35 bits per heavy atom. The van der Waals surface area contributed by atoms with Crippen molar-refractivity contribution in [2.75, 3.05) is 26.8 Å². The molecule has 1 aromatic carbocycles. The van der Waals surface area contributed by atoms with Crippen LogP contribution in [0, 0.1) is 6.92 Å². The molecule has 1 aromatic heterocycles. The van der Waals surface area contributed by atoms with Crippen LogP contribution in [0.25, 0.3) is 11.0 Å². The summed E-state index contributed by atoms with van der Waals surface area (Å²) < 4.78 is 17.2. The highest BCUT2D eigenvalue weighted by Gasteiger charge is 2.50. The van der Waals surface area contributed by atoms with Gasteiger partial charge in [0.15, 0.2) is 5.76 Å². The molecule has 23 heavy (non-hydrogen) atoms. The summed E-state index contributed by atoms with van der Waals surface area (Å²) in [5.74, 6) is 0.396. The standard InChI is InChI=1S/C18H21NO4/c1-12-14-5-3-4-6-15(14)23-16(12)17(20)19-10-18(11-19)9-13(21-2)7-8-22-18/h3-6,13H,7-11H2,1-2H3. The molecule has 2 fully saturated rings. The molecule has 2 aromatic rings. The first kappa shape index (κ1) is 14.7. The summed E-state index contributed by atoms with van der Waals surface area (Å²) in [5, 5.41) is 0.999. The molecule has 3 heterocycles. The molecular weight excluding hydrogens is 294 g/mol. The molecule has 0 bridgehead atoms. The van der Waals surface area contributed by atoms with Crippen molar-refractivity contribution in [3.63, 3.8) is 0 Å². The van der Waals surface area contributed by atoms with Crippen LogP contribution in [0.4, 0.5) is 0 Å². The van der Waals surface area contributed by atoms with Crippen molar-refractivity contribution in [1.82, 2.24) is 4.90 Å². The lowest BCUT2D eigenvalue weighted by Gasteiger charge is -2.52. The van der Waals surface area contributed by atoms with Crippen molar-refractivity contribution in [3.05, 3.63) is 35.6 Å². The van der Waals surface area contributed by atoms with Gasteiger partial charge in [-0.25, -0.2) is 0 Å². The Labute approximate surface area is 135 Å². The van der Waals surface area contributed by atoms with Gasteiger partial charge in [-0.05, 0) is 19.4 Å². The summed E-state index contributed by atoms with van der Waals surface area (Å²) in [6.45, 7) is 3.86. The van der Waals surface area contributed by atoms with Gasteiger partial charge in [0.25, 0.3) is 5.91 Å². The monoisotopic (exact) mass is 315 g/mol. The van der Waals surface area contributed by atoms with Gasteiger partial charge in [-0.3, -0.25) is 4.79 Å². The number of para-hydroxylation sites is 1. The Morgan fingerprint density at radius 3 is 2.87 bits per heavy atom. The lowest BCUT2D eigenvalue weighted by Crippen LogP contribution is -2.67. The maximum Gasteiger partial charge on any atom is 0.290 e. The molecule has 0 radical (unpaired) electrons. The number of furan rings is 1. The Morgan fingerprint density at radius 2 is 2.13 bits per heavy atom. The van der Waals surface area contributed by atoms with Crippen LogP contribution in [0.3, 0.4) is 0 Å². The third-order valence-electron chi connectivity index (χ3n) is 5.06. The van der Waals surface area contributed by atoms with E-state index in [2.05, 4.69) is 0 Å². The van der Waals surface area contributed by atoms with Crippen molar-refractivity contribution in [2.45, 2.75) is 31.5 Å². The SMILES string of the molecule is COC1CCOC2(C1)CN(C(=O)c1oc3ccccc3c1C)C2. The zero-order valence-electron chi connectivity index (χ0n) is 13.5. The summed E-state index contributed by atoms with van der Waals surface area (Å²) >= 11 is 0. The molecule has 4 rings (SSSR count). The van der Waals surface area contributed by atoms with Crippen LogP contribution in [-0.2, 0) is 9.47 Å². The number of aryl methyl sites for hydroxylation is 1. The fourth-order valence-electron chi connectivity index (χ4n) is 3.72. The van der Waals surface area contributed by atoms with E-state index in [0.29, 0.717) is 25.5 Å². The Kier molecular flexibility index (Phi) is 3.43. The van der Waals surface area contributed by atoms with Crippen molar-refractivity contribution >= 4 is 16.9 Å². The van der Waals surface area contributed by atoms with E-state index in [4.69, 9.17) is 13.9 Å². The molecule has 1 atom stereocenters. The van der Waals surface area contributed by atoms with Gasteiger partial charge in [-0.1, -0.05) is 18.2 Å². The largest absolute Gasteiger partial charge is 0.451 e. The van der Waals surface area contributed by atoms with Crippen molar-refractivity contribution < 1.29 is 18.7 Å². The molecule has 0 aliphatic carbocycles. The predicted octanol–water partition coefficient (Wildman–Crippen LogP) is 2.76. The Bertz CT molecular complexity index is 745. The van der Waals surface area contributed by atoms with Crippen LogP contribution in [0.2, 0.25) is 0 Å². The minimum Gasteiger partial charge on any atom is -0.451 e. The second-order valence-corrected chi connectivity index (χ2v) is 6.60. The Balaban J connectivity index is 1.51. The fourth-order valence-corrected chi connectivity index (χ4v) is 3.72. The second-order valence-electron chi connectivity index (χ2n) is 6.60. The zero-order chi connectivity index (χ0) is 16.0. The number of methoxy groups -OCH3 is 1. The van der Waals surface area contributed by atoms with Crippen LogP contribution < -0.4 is 0 Å². The number of amides is 1. The number of hydrogen-bond donors (Lipinski definition) is 0. The summed E-state index contributed by atoms with van der Waals surface area (Å²) in [5.41, 5.74) is 1.44. The molecule has 1 unspecified atom stereocenters. The molecule has 1 spiro atoms. The number of fused-ring (bicyclic) bond motifs is 1. The van der Waals surface area contributed by atoms with Gasteiger partial charge in [0.2, 0.25) is 0 Å². The fraction of sp³-hybridized carbons (Fsp3) is 0.500. The third kappa shape index (κ3) is 2.35. The number of hydrogen-bond acceptors (Lipinski definition) is 4. The third-order valence-corrected chi connectivity index (χ3v) is 5.06. The van der Waals surface area contributed by atoms with Gasteiger partial charge in [-0.15, -0.1) is 0 Å². The molecular formula is C18H21NO4. The molecule has 122 valence electrons. The molecule has 1 amide bonds. The minimum atomic E-state index is -0.228. The molecule has 2 aliphatic heterocycles. The van der Waals surface area contributed by atoms with E-state index in [1.165, 1.54) is 0 Å². The molecule has 2 saturated heterocycles. The molecule has 0 N–H and O–H groups in total. The number of likely N-dealkylation sites (tertiary alicyclic amines) is 1. The van der Waals surface area contributed by atoms with E-state index in [1.54, 1.807) is 7.11 Å². The van der Waals surface area contributed by atoms with Gasteiger partial charge in [0.1, 0.15) is 11.2 Å². The number of carbonyl (C=O) groups excluding carboxylic acids is 1. The molecule has 5 nitrogen and oxygen atoms in total. The van der Waals surface area contributed by atoms with E-state index < -0.39 is 0 Å². The van der Waals surface area contributed by atoms with Crippen LogP contribution in [0.5, 0.6) is 0 Å². The van der Waals surface area contributed by atoms with Crippen LogP contribution in [0.1, 0.15) is 29.0 Å². The first-order chi connectivity index (χ1) is 11.1. The highest BCUT2D eigenvalue weighted by Crippen LogP contribution is 2.37. The summed E-state index contributed by atoms with van der Waals surface area (Å²) in [7, 11) is 1.74. The van der Waals surface area contributed by atoms with Crippen LogP contribution in [0.15, 0.2) is 28.7 Å². The van der Waals surface area contributed by atoms with Gasteiger partial charge >= 0.3 is 0 Å².